The number of carbonyl (C=O) groups excluding carboxylic acids is 1. The van der Waals surface area contributed by atoms with E-state index in [4.69, 9.17) is 28.4 Å². The summed E-state index contributed by atoms with van der Waals surface area (Å²) in [7, 11) is 0. The largest absolute Gasteiger partial charge is 0.481 e. The molecule has 0 unspecified atom stereocenters. The Bertz CT molecular complexity index is 1880. The van der Waals surface area contributed by atoms with E-state index in [1.165, 1.54) is 6.92 Å². The van der Waals surface area contributed by atoms with Gasteiger partial charge >= 0.3 is 11.9 Å². The van der Waals surface area contributed by atoms with Crippen LogP contribution in [-0.4, -0.2) is 180 Å². The van der Waals surface area contributed by atoms with Gasteiger partial charge in [-0.2, -0.15) is 0 Å². The number of aliphatic carboxylic acids is 1. The third-order valence-corrected chi connectivity index (χ3v) is 19.5. The van der Waals surface area contributed by atoms with Crippen molar-refractivity contribution in [3.05, 3.63) is 11.6 Å². The zero-order chi connectivity index (χ0) is 49.1. The van der Waals surface area contributed by atoms with Gasteiger partial charge in [0.2, 0.25) is 6.29 Å². The summed E-state index contributed by atoms with van der Waals surface area (Å²) in [6, 6.07) is 0. The third kappa shape index (κ3) is 7.97. The molecule has 382 valence electrons. The van der Waals surface area contributed by atoms with Crippen LogP contribution < -0.4 is 0 Å². The monoisotopic (exact) mass is 956 g/mol. The van der Waals surface area contributed by atoms with Gasteiger partial charge in [0.05, 0.1) is 36.3 Å². The van der Waals surface area contributed by atoms with Gasteiger partial charge in [0.1, 0.15) is 67.1 Å². The second kappa shape index (κ2) is 18.0. The molecule has 0 spiro atoms. The minimum atomic E-state index is -1.92. The number of hydrogen-bond donors (Lipinski definition) is 11. The lowest BCUT2D eigenvalue weighted by Crippen LogP contribution is -2.66. The molecule has 0 aromatic heterocycles. The Kier molecular flexibility index (Phi) is 13.8. The van der Waals surface area contributed by atoms with Crippen molar-refractivity contribution >= 4 is 11.9 Å². The van der Waals surface area contributed by atoms with Gasteiger partial charge in [0.25, 0.3) is 0 Å². The standard InChI is InChI=1S/C48H76O19/c1-21-29(51)32(54)34(56)39(63-21)66-37-31(53)24(19-49)64-38(36(37)58)62-20-25-30(52)33(55)35(57)40(65-25)67-42(61)48-16-14-44(4,41(59)60)18-23(48)22-8-9-27-45(5)12-11-28(50)43(2,3)26(45)10-13-47(27,7)46(22,6)15-17-48/h8,21,23-40,49-58H,9-20H2,1-7H3,(H,59,60)/t21-,23-,24+,25+,26-,27+,28+,29-,30+,31+,32+,33-,34+,35+,36+,37-,38+,39-,40-,44+,45-,46+,47+,48-/m0/s1. The summed E-state index contributed by atoms with van der Waals surface area (Å²) in [5, 5.41) is 118. The Labute approximate surface area is 391 Å². The van der Waals surface area contributed by atoms with Crippen LogP contribution in [0.3, 0.4) is 0 Å². The zero-order valence-corrected chi connectivity index (χ0v) is 39.7. The second-order valence-electron chi connectivity index (χ2n) is 23.2. The Balaban J connectivity index is 1.01. The Morgan fingerprint density at radius 3 is 2.00 bits per heavy atom. The SMILES string of the molecule is C[C@@H]1O[C@@H](O[C@@H]2[C@@H](O)[C@H](OC[C@H]3O[C@@H](OC(=O)[C@]45CC[C@@](C)(C(=O)O)C[C@H]4C4=CC[C@@H]6[C@@]7(C)CC[C@@H](O)C(C)(C)[C@@H]7CC[C@@]6(C)[C@]4(C)CC5)[C@H](O)[C@@H](O)[C@@H]3O)O[C@H](CO)[C@H]2O)[C@H](O)[C@H](O)[C@H]1O. The van der Waals surface area contributed by atoms with Crippen molar-refractivity contribution in [2.24, 2.45) is 50.2 Å². The average Bonchev–Trinajstić information content (AvgIpc) is 3.27. The van der Waals surface area contributed by atoms with Crippen LogP contribution >= 0.6 is 0 Å². The van der Waals surface area contributed by atoms with Crippen molar-refractivity contribution in [3.8, 4) is 0 Å². The highest BCUT2D eigenvalue weighted by Gasteiger charge is 2.70. The number of esters is 1. The summed E-state index contributed by atoms with van der Waals surface area (Å²) in [5.74, 6) is -1.62. The van der Waals surface area contributed by atoms with Crippen LogP contribution in [0, 0.1) is 50.2 Å². The van der Waals surface area contributed by atoms with Gasteiger partial charge in [-0.15, -0.1) is 0 Å². The number of allylic oxidation sites excluding steroid dienone is 2. The molecule has 3 heterocycles. The van der Waals surface area contributed by atoms with Gasteiger partial charge in [-0.05, 0) is 117 Å². The summed E-state index contributed by atoms with van der Waals surface area (Å²) in [6.45, 7) is 13.1. The van der Waals surface area contributed by atoms with E-state index in [9.17, 15) is 65.8 Å². The maximum atomic E-state index is 15.0. The molecule has 3 aliphatic heterocycles. The first-order valence-electron chi connectivity index (χ1n) is 24.3. The quantitative estimate of drug-likeness (QED) is 0.109. The fraction of sp³-hybridized carbons (Fsp3) is 0.917. The highest BCUT2D eigenvalue weighted by Crippen LogP contribution is 2.76. The maximum absolute atomic E-state index is 15.0. The van der Waals surface area contributed by atoms with Crippen molar-refractivity contribution in [1.29, 1.82) is 0 Å². The molecule has 19 heteroatoms. The van der Waals surface area contributed by atoms with E-state index in [1.807, 2.05) is 0 Å². The van der Waals surface area contributed by atoms with E-state index in [0.717, 1.165) is 37.7 Å². The highest BCUT2D eigenvalue weighted by molar-refractivity contribution is 5.81. The first-order chi connectivity index (χ1) is 31.2. The maximum Gasteiger partial charge on any atom is 0.315 e. The van der Waals surface area contributed by atoms with Crippen molar-refractivity contribution in [1.82, 2.24) is 0 Å². The fourth-order valence-corrected chi connectivity index (χ4v) is 14.8. The zero-order valence-electron chi connectivity index (χ0n) is 39.7. The number of carbonyl (C=O) groups is 2. The lowest BCUT2D eigenvalue weighted by Gasteiger charge is -2.71. The van der Waals surface area contributed by atoms with Gasteiger partial charge in [-0.25, -0.2) is 0 Å². The van der Waals surface area contributed by atoms with Crippen LogP contribution in [0.25, 0.3) is 0 Å². The van der Waals surface area contributed by atoms with E-state index in [2.05, 4.69) is 40.7 Å². The van der Waals surface area contributed by atoms with Crippen LogP contribution in [0.2, 0.25) is 0 Å². The Hall–Kier alpha value is -1.92. The molecule has 0 aromatic rings. The van der Waals surface area contributed by atoms with Gasteiger partial charge in [-0.1, -0.05) is 46.3 Å². The van der Waals surface area contributed by atoms with Gasteiger partial charge in [0, 0.05) is 0 Å². The molecule has 8 rings (SSSR count). The van der Waals surface area contributed by atoms with Crippen molar-refractivity contribution in [3.63, 3.8) is 0 Å². The summed E-state index contributed by atoms with van der Waals surface area (Å²) in [6.07, 6.45) is -17.3. The lowest BCUT2D eigenvalue weighted by molar-refractivity contribution is -0.362. The molecule has 24 atom stereocenters. The van der Waals surface area contributed by atoms with Crippen LogP contribution in [0.15, 0.2) is 11.6 Å². The minimum Gasteiger partial charge on any atom is -0.481 e. The van der Waals surface area contributed by atoms with E-state index in [1.54, 1.807) is 6.92 Å². The predicted molar refractivity (Wildman–Crippen MR) is 231 cm³/mol. The number of aliphatic hydroxyl groups excluding tert-OH is 10. The topological polar surface area (TPSA) is 312 Å². The molecule has 67 heavy (non-hydrogen) atoms. The molecule has 3 saturated heterocycles. The summed E-state index contributed by atoms with van der Waals surface area (Å²) >= 11 is 0. The summed E-state index contributed by atoms with van der Waals surface area (Å²) in [4.78, 5) is 27.9. The summed E-state index contributed by atoms with van der Waals surface area (Å²) in [5.41, 5.74) is -2.19. The number of aliphatic hydroxyl groups is 10. The van der Waals surface area contributed by atoms with Crippen LogP contribution in [0.1, 0.15) is 113 Å². The smallest absolute Gasteiger partial charge is 0.315 e. The van der Waals surface area contributed by atoms with Gasteiger partial charge in [0.15, 0.2) is 12.6 Å². The highest BCUT2D eigenvalue weighted by atomic mass is 16.8. The van der Waals surface area contributed by atoms with Crippen LogP contribution in [-0.2, 0) is 38.0 Å². The van der Waals surface area contributed by atoms with Gasteiger partial charge < -0.3 is 84.6 Å². The van der Waals surface area contributed by atoms with E-state index >= 15 is 0 Å². The fourth-order valence-electron chi connectivity index (χ4n) is 14.8. The van der Waals surface area contributed by atoms with Crippen LogP contribution in [0.5, 0.6) is 0 Å². The predicted octanol–water partition coefficient (Wildman–Crippen LogP) is 0.233. The van der Waals surface area contributed by atoms with Crippen molar-refractivity contribution < 1.29 is 94.2 Å². The average molecular weight is 957 g/mol. The molecule has 0 amide bonds. The third-order valence-electron chi connectivity index (χ3n) is 19.5. The second-order valence-corrected chi connectivity index (χ2v) is 23.2. The molecule has 4 saturated carbocycles. The number of ether oxygens (including phenoxy) is 6. The molecule has 5 aliphatic carbocycles. The number of carboxylic acid groups (broad SMARTS) is 1. The molecule has 0 radical (unpaired) electrons. The van der Waals surface area contributed by atoms with Crippen LogP contribution in [0.4, 0.5) is 0 Å². The van der Waals surface area contributed by atoms with Crippen molar-refractivity contribution in [2.45, 2.75) is 211 Å². The Morgan fingerprint density at radius 2 is 1.33 bits per heavy atom. The molecule has 0 aromatic carbocycles. The Morgan fingerprint density at radius 1 is 0.687 bits per heavy atom. The number of hydrogen-bond acceptors (Lipinski definition) is 18. The first kappa shape index (κ1) is 51.4. The van der Waals surface area contributed by atoms with E-state index in [0.29, 0.717) is 18.8 Å². The molecule has 0 bridgehead atoms. The summed E-state index contributed by atoms with van der Waals surface area (Å²) < 4.78 is 34.6. The lowest BCUT2D eigenvalue weighted by atomic mass is 9.33. The molecular formula is C48H76O19. The first-order valence-corrected chi connectivity index (χ1v) is 24.3. The van der Waals surface area contributed by atoms with E-state index < -0.39 is 139 Å². The molecule has 7 fully saturated rings. The normalized spacial score (nSPS) is 54.0. The minimum absolute atomic E-state index is 0.0446. The van der Waals surface area contributed by atoms with Crippen molar-refractivity contribution in [2.75, 3.05) is 13.2 Å². The number of fused-ring (bicyclic) bond motifs is 7. The molecule has 19 nitrogen and oxygen atoms in total. The number of carboxylic acids is 1. The molecular weight excluding hydrogens is 881 g/mol. The molecule has 11 N–H and O–H groups in total. The van der Waals surface area contributed by atoms with E-state index in [-0.39, 0.29) is 47.5 Å². The van der Waals surface area contributed by atoms with Gasteiger partial charge in [-0.3, -0.25) is 9.59 Å². The molecule has 8 aliphatic rings. The number of rotatable bonds is 9.